The second-order valence-corrected chi connectivity index (χ2v) is 18.1. The molecule has 1 heterocycles. The molecule has 7 aromatic carbocycles. The summed E-state index contributed by atoms with van der Waals surface area (Å²) in [7, 11) is 0. The molecule has 292 valence electrons. The van der Waals surface area contributed by atoms with Crippen LogP contribution in [0.25, 0.3) is 56.4 Å². The number of fused-ring (bicyclic) bond motifs is 3. The van der Waals surface area contributed by atoms with Gasteiger partial charge in [0, 0.05) is 16.7 Å². The van der Waals surface area contributed by atoms with Gasteiger partial charge in [0.25, 0.3) is 0 Å². The fourth-order valence-corrected chi connectivity index (χ4v) is 12.3. The zero-order valence-corrected chi connectivity index (χ0v) is 34.0. The van der Waals surface area contributed by atoms with Gasteiger partial charge in [0.1, 0.15) is 0 Å². The van der Waals surface area contributed by atoms with Gasteiger partial charge in [-0.3, -0.25) is 0 Å². The Morgan fingerprint density at radius 3 is 1.44 bits per heavy atom. The summed E-state index contributed by atoms with van der Waals surface area (Å²) in [6, 6.07) is 65.0. The van der Waals surface area contributed by atoms with Crippen LogP contribution in [0.4, 0.5) is 0 Å². The molecule has 4 nitrogen and oxygen atoms in total. The molecule has 0 amide bonds. The van der Waals surface area contributed by atoms with Gasteiger partial charge in [-0.1, -0.05) is 158 Å². The van der Waals surface area contributed by atoms with Crippen molar-refractivity contribution in [1.82, 2.24) is 15.0 Å². The van der Waals surface area contributed by atoms with Crippen molar-refractivity contribution >= 4 is 0 Å². The second-order valence-electron chi connectivity index (χ2n) is 18.1. The molecule has 0 aliphatic heterocycles. The van der Waals surface area contributed by atoms with Gasteiger partial charge >= 0.3 is 0 Å². The fraction of sp³-hybridized carbons (Fsp3) is 0.193. The third kappa shape index (κ3) is 5.82. The number of nitriles is 1. The van der Waals surface area contributed by atoms with Gasteiger partial charge in [-0.25, -0.2) is 15.0 Å². The second kappa shape index (κ2) is 14.1. The summed E-state index contributed by atoms with van der Waals surface area (Å²) in [5.41, 5.74) is 13.8. The van der Waals surface area contributed by atoms with Gasteiger partial charge in [0.2, 0.25) is 0 Å². The standard InChI is InChI=1S/C57H44N4/c58-36-37-16-27-51-50(31-37)49-26-23-45(32-52(49)57(51,47-12-6-2-7-13-47)48-14-8-3-9-15-48)55-60-53(43-19-17-42(18-20-43)41-10-4-1-5-11-41)59-54(61-55)44-21-24-46(25-22-44)56-33-38-28-39(34-56)30-40(29-38)35-56/h1-27,31-32,38-40H,28-30,33-35H2/t38-,39-,40-,56?. The lowest BCUT2D eigenvalue weighted by molar-refractivity contribution is -0.00518. The van der Waals surface area contributed by atoms with Crippen molar-refractivity contribution in [3.8, 4) is 62.5 Å². The van der Waals surface area contributed by atoms with Crippen molar-refractivity contribution < 1.29 is 0 Å². The van der Waals surface area contributed by atoms with E-state index in [0.717, 1.165) is 73.4 Å². The Labute approximate surface area is 357 Å². The smallest absolute Gasteiger partial charge is 0.164 e. The first-order valence-electron chi connectivity index (χ1n) is 21.9. The molecular weight excluding hydrogens is 741 g/mol. The van der Waals surface area contributed by atoms with Crippen molar-refractivity contribution in [1.29, 1.82) is 5.26 Å². The maximum absolute atomic E-state index is 10.0. The first kappa shape index (κ1) is 35.9. The van der Waals surface area contributed by atoms with Gasteiger partial charge in [-0.15, -0.1) is 0 Å². The lowest BCUT2D eigenvalue weighted by atomic mass is 9.48. The molecule has 8 aromatic rings. The van der Waals surface area contributed by atoms with Gasteiger partial charge in [0.15, 0.2) is 17.5 Å². The summed E-state index contributed by atoms with van der Waals surface area (Å²) in [6.45, 7) is 0. The van der Waals surface area contributed by atoms with Gasteiger partial charge < -0.3 is 0 Å². The molecule has 4 saturated carbocycles. The monoisotopic (exact) mass is 784 g/mol. The first-order chi connectivity index (χ1) is 30.1. The molecule has 0 unspecified atom stereocenters. The van der Waals surface area contributed by atoms with Crippen molar-refractivity contribution in [2.45, 2.75) is 49.4 Å². The van der Waals surface area contributed by atoms with Crippen LogP contribution < -0.4 is 0 Å². The van der Waals surface area contributed by atoms with Crippen LogP contribution in [-0.2, 0) is 10.8 Å². The summed E-state index contributed by atoms with van der Waals surface area (Å²) in [6.07, 6.45) is 8.33. The predicted molar refractivity (Wildman–Crippen MR) is 243 cm³/mol. The minimum Gasteiger partial charge on any atom is -0.208 e. The average Bonchev–Trinajstić information content (AvgIpc) is 3.61. The van der Waals surface area contributed by atoms with Crippen molar-refractivity contribution in [2.75, 3.05) is 0 Å². The molecule has 61 heavy (non-hydrogen) atoms. The van der Waals surface area contributed by atoms with E-state index < -0.39 is 5.41 Å². The van der Waals surface area contributed by atoms with E-state index in [1.54, 1.807) is 0 Å². The average molecular weight is 785 g/mol. The molecule has 4 heteroatoms. The van der Waals surface area contributed by atoms with E-state index in [1.807, 2.05) is 18.2 Å². The van der Waals surface area contributed by atoms with Crippen LogP contribution in [0.2, 0.25) is 0 Å². The molecule has 0 N–H and O–H groups in total. The quantitative estimate of drug-likeness (QED) is 0.161. The molecule has 13 rings (SSSR count). The zero-order valence-electron chi connectivity index (χ0n) is 34.0. The Morgan fingerprint density at radius 2 is 0.885 bits per heavy atom. The minimum absolute atomic E-state index is 0.323. The Bertz CT molecular complexity index is 2910. The molecule has 1 aromatic heterocycles. The zero-order chi connectivity index (χ0) is 40.5. The number of rotatable bonds is 7. The van der Waals surface area contributed by atoms with Crippen molar-refractivity contribution in [3.63, 3.8) is 0 Å². The van der Waals surface area contributed by atoms with Crippen molar-refractivity contribution in [3.05, 3.63) is 209 Å². The van der Waals surface area contributed by atoms with Crippen LogP contribution >= 0.6 is 0 Å². The number of hydrogen-bond acceptors (Lipinski definition) is 4. The summed E-state index contributed by atoms with van der Waals surface area (Å²) in [4.78, 5) is 15.8. The van der Waals surface area contributed by atoms with E-state index >= 15 is 0 Å². The fourth-order valence-electron chi connectivity index (χ4n) is 12.3. The van der Waals surface area contributed by atoms with Crippen molar-refractivity contribution in [2.24, 2.45) is 17.8 Å². The van der Waals surface area contributed by atoms with E-state index in [2.05, 4.69) is 164 Å². The van der Waals surface area contributed by atoms with Crippen LogP contribution in [0.5, 0.6) is 0 Å². The normalized spacial score (nSPS) is 21.4. The van der Waals surface area contributed by atoms with Gasteiger partial charge in [-0.2, -0.15) is 5.26 Å². The summed E-state index contributed by atoms with van der Waals surface area (Å²) < 4.78 is 0. The highest BCUT2D eigenvalue weighted by atomic mass is 15.0. The summed E-state index contributed by atoms with van der Waals surface area (Å²) in [5, 5.41) is 10.0. The Hall–Kier alpha value is -6.96. The third-order valence-electron chi connectivity index (χ3n) is 14.6. The van der Waals surface area contributed by atoms with E-state index in [9.17, 15) is 5.26 Å². The maximum atomic E-state index is 10.0. The van der Waals surface area contributed by atoms with Crippen LogP contribution in [-0.4, -0.2) is 15.0 Å². The first-order valence-corrected chi connectivity index (χ1v) is 21.9. The number of aromatic nitrogens is 3. The van der Waals surface area contributed by atoms with Crippen LogP contribution in [0, 0.1) is 29.1 Å². The maximum Gasteiger partial charge on any atom is 0.164 e. The Morgan fingerprint density at radius 1 is 0.410 bits per heavy atom. The highest BCUT2D eigenvalue weighted by Gasteiger charge is 2.51. The molecule has 4 fully saturated rings. The molecule has 0 saturated heterocycles. The Kier molecular flexibility index (Phi) is 8.29. The highest BCUT2D eigenvalue weighted by Crippen LogP contribution is 2.61. The number of benzene rings is 7. The number of hydrogen-bond donors (Lipinski definition) is 0. The largest absolute Gasteiger partial charge is 0.208 e. The van der Waals surface area contributed by atoms with Gasteiger partial charge in [-0.05, 0) is 130 Å². The van der Waals surface area contributed by atoms with E-state index in [1.165, 1.54) is 49.7 Å². The molecule has 5 aliphatic rings. The van der Waals surface area contributed by atoms with Crippen LogP contribution in [0.15, 0.2) is 176 Å². The third-order valence-corrected chi connectivity index (χ3v) is 14.6. The molecule has 5 aliphatic carbocycles. The summed E-state index contributed by atoms with van der Waals surface area (Å²) >= 11 is 0. The number of nitrogens with zero attached hydrogens (tertiary/aromatic N) is 4. The molecule has 0 atom stereocenters. The Balaban J connectivity index is 1.02. The lowest BCUT2D eigenvalue weighted by Gasteiger charge is -2.57. The topological polar surface area (TPSA) is 62.5 Å². The molecule has 0 spiro atoms. The minimum atomic E-state index is -0.629. The summed E-state index contributed by atoms with van der Waals surface area (Å²) in [5.74, 6) is 4.62. The van der Waals surface area contributed by atoms with E-state index in [-0.39, 0.29) is 0 Å². The SMILES string of the molecule is N#Cc1ccc2c(c1)-c1ccc(-c3nc(-c4ccc(-c5ccccc5)cc4)nc(-c4ccc(C56C[C@H]7C[C@H](C5)C[C@@H](C6)C7)cc4)n3)cc1C2(c1ccccc1)c1ccccc1. The lowest BCUT2D eigenvalue weighted by Crippen LogP contribution is -2.48. The van der Waals surface area contributed by atoms with E-state index in [4.69, 9.17) is 15.0 Å². The predicted octanol–water partition coefficient (Wildman–Crippen LogP) is 13.2. The van der Waals surface area contributed by atoms with Crippen LogP contribution in [0.1, 0.15) is 71.9 Å². The highest BCUT2D eigenvalue weighted by molar-refractivity contribution is 5.88. The van der Waals surface area contributed by atoms with Gasteiger partial charge in [0.05, 0.1) is 17.0 Å². The molecular formula is C57H44N4. The molecule has 0 radical (unpaired) electrons. The van der Waals surface area contributed by atoms with E-state index in [0.29, 0.717) is 28.5 Å². The van der Waals surface area contributed by atoms with Crippen LogP contribution in [0.3, 0.4) is 0 Å². The molecule has 4 bridgehead atoms.